The highest BCUT2D eigenvalue weighted by Crippen LogP contribution is 2.19. The maximum Gasteiger partial charge on any atom is 0.240 e. The molecule has 1 aliphatic rings. The van der Waals surface area contributed by atoms with E-state index in [4.69, 9.17) is 4.52 Å². The summed E-state index contributed by atoms with van der Waals surface area (Å²) >= 11 is 0. The van der Waals surface area contributed by atoms with Gasteiger partial charge >= 0.3 is 0 Å². The van der Waals surface area contributed by atoms with Crippen molar-refractivity contribution in [3.8, 4) is 0 Å². The molecule has 1 saturated carbocycles. The SMILES string of the molecule is c1cncc(Cc2noc(CNC3CC3)n2)c1. The van der Waals surface area contributed by atoms with Crippen LogP contribution in [-0.4, -0.2) is 21.2 Å². The van der Waals surface area contributed by atoms with Gasteiger partial charge in [-0.15, -0.1) is 0 Å². The Morgan fingerprint density at radius 2 is 2.35 bits per heavy atom. The molecule has 2 aromatic heterocycles. The van der Waals surface area contributed by atoms with Gasteiger partial charge in [0, 0.05) is 24.9 Å². The molecule has 1 N–H and O–H groups in total. The summed E-state index contributed by atoms with van der Waals surface area (Å²) in [5.41, 5.74) is 1.09. The van der Waals surface area contributed by atoms with Crippen molar-refractivity contribution in [3.05, 3.63) is 41.8 Å². The first-order valence-corrected chi connectivity index (χ1v) is 5.84. The summed E-state index contributed by atoms with van der Waals surface area (Å²) in [5.74, 6) is 1.38. The van der Waals surface area contributed by atoms with Crippen molar-refractivity contribution in [2.45, 2.75) is 31.8 Å². The molecule has 0 aromatic carbocycles. The fraction of sp³-hybridized carbons (Fsp3) is 0.417. The minimum absolute atomic E-state index is 0.656. The Bertz CT molecular complexity index is 478. The predicted octanol–water partition coefficient (Wildman–Crippen LogP) is 1.31. The van der Waals surface area contributed by atoms with Gasteiger partial charge in [0.2, 0.25) is 5.89 Å². The fourth-order valence-corrected chi connectivity index (χ4v) is 1.64. The van der Waals surface area contributed by atoms with E-state index in [1.807, 2.05) is 18.3 Å². The van der Waals surface area contributed by atoms with Gasteiger partial charge in [0.1, 0.15) is 0 Å². The standard InChI is InChI=1S/C12H14N4O/c1-2-9(7-13-5-1)6-11-15-12(17-16-11)8-14-10-3-4-10/h1-2,5,7,10,14H,3-4,6,8H2. The first-order valence-electron chi connectivity index (χ1n) is 5.84. The summed E-state index contributed by atoms with van der Waals surface area (Å²) in [6, 6.07) is 4.57. The van der Waals surface area contributed by atoms with Crippen LogP contribution in [0.5, 0.6) is 0 Å². The normalized spacial score (nSPS) is 15.1. The second-order valence-corrected chi connectivity index (χ2v) is 4.30. The lowest BCUT2D eigenvalue weighted by atomic mass is 10.2. The van der Waals surface area contributed by atoms with Crippen molar-refractivity contribution in [3.63, 3.8) is 0 Å². The molecule has 0 saturated heterocycles. The van der Waals surface area contributed by atoms with E-state index in [2.05, 4.69) is 20.4 Å². The Labute approximate surface area is 99.3 Å². The van der Waals surface area contributed by atoms with Crippen molar-refractivity contribution in [1.29, 1.82) is 0 Å². The third kappa shape index (κ3) is 2.88. The average molecular weight is 230 g/mol. The molecular formula is C12H14N4O. The maximum atomic E-state index is 5.17. The monoisotopic (exact) mass is 230 g/mol. The number of rotatable bonds is 5. The maximum absolute atomic E-state index is 5.17. The highest BCUT2D eigenvalue weighted by atomic mass is 16.5. The van der Waals surface area contributed by atoms with Crippen molar-refractivity contribution in [2.75, 3.05) is 0 Å². The van der Waals surface area contributed by atoms with Crippen LogP contribution in [0, 0.1) is 0 Å². The molecule has 3 rings (SSSR count). The molecule has 0 unspecified atom stereocenters. The van der Waals surface area contributed by atoms with E-state index in [9.17, 15) is 0 Å². The minimum atomic E-state index is 0.656. The lowest BCUT2D eigenvalue weighted by Gasteiger charge is -1.95. The van der Waals surface area contributed by atoms with Gasteiger partial charge in [0.05, 0.1) is 6.54 Å². The van der Waals surface area contributed by atoms with E-state index in [1.54, 1.807) is 6.20 Å². The number of aromatic nitrogens is 3. The van der Waals surface area contributed by atoms with Crippen LogP contribution in [-0.2, 0) is 13.0 Å². The molecule has 0 atom stereocenters. The van der Waals surface area contributed by atoms with Crippen molar-refractivity contribution >= 4 is 0 Å². The molecule has 2 aromatic rings. The Morgan fingerprint density at radius 3 is 3.12 bits per heavy atom. The summed E-state index contributed by atoms with van der Waals surface area (Å²) in [7, 11) is 0. The van der Waals surface area contributed by atoms with E-state index >= 15 is 0 Å². The van der Waals surface area contributed by atoms with Crippen molar-refractivity contribution in [1.82, 2.24) is 20.4 Å². The lowest BCUT2D eigenvalue weighted by Crippen LogP contribution is -2.15. The quantitative estimate of drug-likeness (QED) is 0.839. The van der Waals surface area contributed by atoms with Gasteiger partial charge in [-0.1, -0.05) is 11.2 Å². The fourth-order valence-electron chi connectivity index (χ4n) is 1.64. The van der Waals surface area contributed by atoms with Gasteiger partial charge < -0.3 is 9.84 Å². The van der Waals surface area contributed by atoms with Crippen LogP contribution in [0.25, 0.3) is 0 Å². The van der Waals surface area contributed by atoms with E-state index < -0.39 is 0 Å². The molecule has 0 amide bonds. The highest BCUT2D eigenvalue weighted by molar-refractivity contribution is 5.13. The Kier molecular flexibility index (Phi) is 2.83. The topological polar surface area (TPSA) is 63.8 Å². The molecule has 0 radical (unpaired) electrons. The zero-order chi connectivity index (χ0) is 11.5. The van der Waals surface area contributed by atoms with E-state index in [-0.39, 0.29) is 0 Å². The molecule has 5 nitrogen and oxygen atoms in total. The molecule has 1 aliphatic carbocycles. The number of nitrogens with zero attached hydrogens (tertiary/aromatic N) is 3. The van der Waals surface area contributed by atoms with Crippen LogP contribution < -0.4 is 5.32 Å². The van der Waals surface area contributed by atoms with Crippen LogP contribution in [0.3, 0.4) is 0 Å². The summed E-state index contributed by atoms with van der Waals surface area (Å²) in [6.07, 6.45) is 6.76. The summed E-state index contributed by atoms with van der Waals surface area (Å²) in [5, 5.41) is 7.30. The van der Waals surface area contributed by atoms with Crippen molar-refractivity contribution < 1.29 is 4.52 Å². The first-order chi connectivity index (χ1) is 8.40. The average Bonchev–Trinajstić information content (AvgIpc) is 3.09. The molecule has 1 fully saturated rings. The Balaban J connectivity index is 1.59. The molecule has 0 bridgehead atoms. The van der Waals surface area contributed by atoms with Crippen LogP contribution >= 0.6 is 0 Å². The number of hydrogen-bond donors (Lipinski definition) is 1. The van der Waals surface area contributed by atoms with Gasteiger partial charge in [0.15, 0.2) is 5.82 Å². The Morgan fingerprint density at radius 1 is 1.41 bits per heavy atom. The zero-order valence-electron chi connectivity index (χ0n) is 9.47. The molecule has 2 heterocycles. The molecular weight excluding hydrogens is 216 g/mol. The van der Waals surface area contributed by atoms with E-state index in [0.29, 0.717) is 30.7 Å². The van der Waals surface area contributed by atoms with E-state index in [0.717, 1.165) is 5.56 Å². The molecule has 88 valence electrons. The van der Waals surface area contributed by atoms with Gasteiger partial charge in [0.25, 0.3) is 0 Å². The van der Waals surface area contributed by atoms with Crippen molar-refractivity contribution in [2.24, 2.45) is 0 Å². The van der Waals surface area contributed by atoms with Crippen LogP contribution in [0.2, 0.25) is 0 Å². The number of pyridine rings is 1. The largest absolute Gasteiger partial charge is 0.338 e. The lowest BCUT2D eigenvalue weighted by molar-refractivity contribution is 0.363. The second kappa shape index (κ2) is 4.63. The first kappa shape index (κ1) is 10.4. The predicted molar refractivity (Wildman–Crippen MR) is 61.2 cm³/mol. The van der Waals surface area contributed by atoms with E-state index in [1.165, 1.54) is 12.8 Å². The summed E-state index contributed by atoms with van der Waals surface area (Å²) in [6.45, 7) is 0.671. The van der Waals surface area contributed by atoms with Gasteiger partial charge in [-0.2, -0.15) is 4.98 Å². The third-order valence-electron chi connectivity index (χ3n) is 2.71. The molecule has 5 heteroatoms. The summed E-state index contributed by atoms with van der Waals surface area (Å²) in [4.78, 5) is 8.39. The zero-order valence-corrected chi connectivity index (χ0v) is 9.47. The van der Waals surface area contributed by atoms with Crippen LogP contribution in [0.4, 0.5) is 0 Å². The third-order valence-corrected chi connectivity index (χ3v) is 2.71. The van der Waals surface area contributed by atoms with Gasteiger partial charge in [-0.25, -0.2) is 0 Å². The second-order valence-electron chi connectivity index (χ2n) is 4.30. The smallest absolute Gasteiger partial charge is 0.240 e. The molecule has 0 spiro atoms. The summed E-state index contributed by atoms with van der Waals surface area (Å²) < 4.78 is 5.17. The Hall–Kier alpha value is -1.75. The molecule has 0 aliphatic heterocycles. The highest BCUT2D eigenvalue weighted by Gasteiger charge is 2.21. The van der Waals surface area contributed by atoms with Crippen LogP contribution in [0.1, 0.15) is 30.1 Å². The number of hydrogen-bond acceptors (Lipinski definition) is 5. The van der Waals surface area contributed by atoms with Gasteiger partial charge in [-0.3, -0.25) is 4.98 Å². The van der Waals surface area contributed by atoms with Gasteiger partial charge in [-0.05, 0) is 24.5 Å². The molecule has 17 heavy (non-hydrogen) atoms. The minimum Gasteiger partial charge on any atom is -0.338 e. The van der Waals surface area contributed by atoms with Crippen LogP contribution in [0.15, 0.2) is 29.0 Å². The number of nitrogens with one attached hydrogen (secondary N) is 1.